The van der Waals surface area contributed by atoms with Gasteiger partial charge in [-0.15, -0.1) is 0 Å². The van der Waals surface area contributed by atoms with Crippen LogP contribution in [0.25, 0.3) is 0 Å². The number of ketones is 1. The Kier molecular flexibility index (Phi) is 5.77. The van der Waals surface area contributed by atoms with Crippen molar-refractivity contribution in [2.24, 2.45) is 0 Å². The van der Waals surface area contributed by atoms with Gasteiger partial charge in [-0.05, 0) is 31.5 Å². The minimum Gasteiger partial charge on any atom is -0.462 e. The zero-order chi connectivity index (χ0) is 15.3. The molecule has 0 saturated carbocycles. The molecule has 0 aliphatic carbocycles. The molecule has 0 unspecified atom stereocenters. The third kappa shape index (κ3) is 4.10. The summed E-state index contributed by atoms with van der Waals surface area (Å²) >= 11 is 5.91. The van der Waals surface area contributed by atoms with Crippen LogP contribution in [-0.4, -0.2) is 37.4 Å². The Morgan fingerprint density at radius 2 is 2.00 bits per heavy atom. The molecule has 0 atom stereocenters. The normalized spacial score (nSPS) is 11.2. The fourth-order valence-corrected chi connectivity index (χ4v) is 1.83. The van der Waals surface area contributed by atoms with Crippen molar-refractivity contribution in [3.63, 3.8) is 0 Å². The maximum atomic E-state index is 12.5. The van der Waals surface area contributed by atoms with Crippen molar-refractivity contribution < 1.29 is 14.3 Å². The van der Waals surface area contributed by atoms with Crippen molar-refractivity contribution in [1.29, 1.82) is 0 Å². The summed E-state index contributed by atoms with van der Waals surface area (Å²) in [7, 11) is 3.47. The predicted octanol–water partition coefficient (Wildman–Crippen LogP) is 2.84. The smallest absolute Gasteiger partial charge is 0.343 e. The minimum atomic E-state index is -0.634. The van der Waals surface area contributed by atoms with Gasteiger partial charge < -0.3 is 9.64 Å². The van der Waals surface area contributed by atoms with E-state index in [1.165, 1.54) is 6.20 Å². The van der Waals surface area contributed by atoms with Crippen molar-refractivity contribution in [2.75, 3.05) is 20.7 Å². The van der Waals surface area contributed by atoms with Gasteiger partial charge in [0.25, 0.3) is 0 Å². The second-order valence-electron chi connectivity index (χ2n) is 4.52. The second kappa shape index (κ2) is 7.10. The number of esters is 1. The van der Waals surface area contributed by atoms with Gasteiger partial charge in [-0.25, -0.2) is 4.79 Å². The van der Waals surface area contributed by atoms with E-state index in [9.17, 15) is 9.59 Å². The molecule has 0 aromatic heterocycles. The lowest BCUT2D eigenvalue weighted by atomic mass is 9.99. The highest BCUT2D eigenvalue weighted by atomic mass is 35.5. The number of halogens is 1. The van der Waals surface area contributed by atoms with Crippen LogP contribution in [0.3, 0.4) is 0 Å². The number of hydrogen-bond donors (Lipinski definition) is 0. The van der Waals surface area contributed by atoms with Crippen LogP contribution in [-0.2, 0) is 9.53 Å². The van der Waals surface area contributed by atoms with Gasteiger partial charge in [0, 0.05) is 30.9 Å². The van der Waals surface area contributed by atoms with E-state index in [2.05, 4.69) is 0 Å². The zero-order valence-electron chi connectivity index (χ0n) is 12.1. The van der Waals surface area contributed by atoms with E-state index in [1.807, 2.05) is 0 Å². The van der Waals surface area contributed by atoms with Crippen molar-refractivity contribution in [3.05, 3.63) is 46.1 Å². The summed E-state index contributed by atoms with van der Waals surface area (Å²) in [6, 6.07) is 5.00. The quantitative estimate of drug-likeness (QED) is 0.275. The predicted molar refractivity (Wildman–Crippen MR) is 78.9 cm³/mol. The Morgan fingerprint density at radius 1 is 1.35 bits per heavy atom. The molecule has 108 valence electrons. The Morgan fingerprint density at radius 3 is 2.55 bits per heavy atom. The maximum absolute atomic E-state index is 12.5. The molecular formula is C15H18ClNO3. The molecule has 0 radical (unpaired) electrons. The molecule has 0 bridgehead atoms. The molecule has 1 rings (SSSR count). The molecule has 0 amide bonds. The number of rotatable bonds is 5. The topological polar surface area (TPSA) is 46.6 Å². The fraction of sp³-hybridized carbons (Fsp3) is 0.333. The van der Waals surface area contributed by atoms with Gasteiger partial charge in [0.1, 0.15) is 5.57 Å². The first kappa shape index (κ1) is 16.2. The molecule has 0 heterocycles. The first-order valence-corrected chi connectivity index (χ1v) is 6.60. The van der Waals surface area contributed by atoms with Gasteiger partial charge in [0.15, 0.2) is 0 Å². The van der Waals surface area contributed by atoms with Gasteiger partial charge in [-0.3, -0.25) is 4.79 Å². The van der Waals surface area contributed by atoms with Crippen LogP contribution in [0.5, 0.6) is 0 Å². The van der Waals surface area contributed by atoms with Gasteiger partial charge in [0.05, 0.1) is 6.61 Å². The summed E-state index contributed by atoms with van der Waals surface area (Å²) in [5, 5.41) is 0.451. The van der Waals surface area contributed by atoms with Gasteiger partial charge in [-0.2, -0.15) is 0 Å². The first-order valence-electron chi connectivity index (χ1n) is 6.23. The molecule has 0 spiro atoms. The molecule has 4 nitrogen and oxygen atoms in total. The molecule has 1 aromatic carbocycles. The highest BCUT2D eigenvalue weighted by Gasteiger charge is 2.23. The summed E-state index contributed by atoms with van der Waals surface area (Å²) in [5.74, 6) is -1.03. The number of hydrogen-bond acceptors (Lipinski definition) is 4. The van der Waals surface area contributed by atoms with E-state index < -0.39 is 11.8 Å². The van der Waals surface area contributed by atoms with E-state index in [0.29, 0.717) is 10.6 Å². The third-order valence-electron chi connectivity index (χ3n) is 2.57. The van der Waals surface area contributed by atoms with Crippen molar-refractivity contribution in [3.8, 4) is 0 Å². The van der Waals surface area contributed by atoms with Crippen LogP contribution in [0.15, 0.2) is 30.0 Å². The van der Waals surface area contributed by atoms with Crippen molar-refractivity contribution in [1.82, 2.24) is 4.90 Å². The van der Waals surface area contributed by atoms with Crippen LogP contribution < -0.4 is 0 Å². The van der Waals surface area contributed by atoms with Crippen LogP contribution in [0.2, 0.25) is 5.02 Å². The molecule has 0 aliphatic heterocycles. The molecule has 0 N–H and O–H groups in total. The highest BCUT2D eigenvalue weighted by molar-refractivity contribution is 6.32. The molecule has 20 heavy (non-hydrogen) atoms. The lowest BCUT2D eigenvalue weighted by Crippen LogP contribution is -2.20. The first-order chi connectivity index (χ1) is 9.36. The van der Waals surface area contributed by atoms with Crippen molar-refractivity contribution in [2.45, 2.75) is 13.8 Å². The highest BCUT2D eigenvalue weighted by Crippen LogP contribution is 2.19. The molecule has 0 aliphatic rings. The van der Waals surface area contributed by atoms with Crippen LogP contribution in [0, 0.1) is 6.92 Å². The molecule has 0 fully saturated rings. The largest absolute Gasteiger partial charge is 0.462 e. The maximum Gasteiger partial charge on any atom is 0.343 e. The summed E-state index contributed by atoms with van der Waals surface area (Å²) in [4.78, 5) is 26.1. The average molecular weight is 296 g/mol. The SMILES string of the molecule is CCOC(=O)C(=CN(C)C)C(=O)c1cc(Cl)ccc1C. The van der Waals surface area contributed by atoms with E-state index in [4.69, 9.17) is 16.3 Å². The Labute approximate surface area is 124 Å². The summed E-state index contributed by atoms with van der Waals surface area (Å²) in [6.45, 7) is 3.70. The summed E-state index contributed by atoms with van der Waals surface area (Å²) in [6.07, 6.45) is 1.46. The average Bonchev–Trinajstić information content (AvgIpc) is 2.38. The summed E-state index contributed by atoms with van der Waals surface area (Å²) < 4.78 is 4.93. The number of nitrogens with zero attached hydrogens (tertiary/aromatic N) is 1. The van der Waals surface area contributed by atoms with E-state index >= 15 is 0 Å². The molecule has 5 heteroatoms. The Balaban J connectivity index is 3.24. The molecule has 1 aromatic rings. The fourth-order valence-electron chi connectivity index (χ4n) is 1.66. The van der Waals surface area contributed by atoms with Crippen LogP contribution in [0.4, 0.5) is 0 Å². The third-order valence-corrected chi connectivity index (χ3v) is 2.81. The number of ether oxygens (including phenoxy) is 1. The van der Waals surface area contributed by atoms with E-state index in [0.717, 1.165) is 5.56 Å². The minimum absolute atomic E-state index is 0.0118. The van der Waals surface area contributed by atoms with Gasteiger partial charge in [-0.1, -0.05) is 17.7 Å². The summed E-state index contributed by atoms with van der Waals surface area (Å²) in [5.41, 5.74) is 1.15. The van der Waals surface area contributed by atoms with Crippen molar-refractivity contribution >= 4 is 23.4 Å². The Hall–Kier alpha value is -1.81. The number of benzene rings is 1. The molecule has 0 saturated heterocycles. The van der Waals surface area contributed by atoms with Crippen LogP contribution in [0.1, 0.15) is 22.8 Å². The van der Waals surface area contributed by atoms with Crippen LogP contribution >= 0.6 is 11.6 Å². The standard InChI is InChI=1S/C15H18ClNO3/c1-5-20-15(19)13(9-17(3)4)14(18)12-8-11(16)7-6-10(12)2/h6-9H,5H2,1-4H3. The zero-order valence-corrected chi connectivity index (χ0v) is 12.8. The van der Waals surface area contributed by atoms with E-state index in [-0.39, 0.29) is 12.2 Å². The monoisotopic (exact) mass is 295 g/mol. The van der Waals surface area contributed by atoms with Gasteiger partial charge >= 0.3 is 5.97 Å². The van der Waals surface area contributed by atoms with Gasteiger partial charge in [0.2, 0.25) is 5.78 Å². The lowest BCUT2D eigenvalue weighted by Gasteiger charge is -2.12. The number of Topliss-reactive ketones (excluding diaryl/α,β-unsaturated/α-hetero) is 1. The second-order valence-corrected chi connectivity index (χ2v) is 4.95. The number of carbonyl (C=O) groups is 2. The molecular weight excluding hydrogens is 278 g/mol. The number of carbonyl (C=O) groups excluding carboxylic acids is 2. The van der Waals surface area contributed by atoms with E-state index in [1.54, 1.807) is 51.0 Å². The lowest BCUT2D eigenvalue weighted by molar-refractivity contribution is -0.138. The number of aryl methyl sites for hydroxylation is 1. The Bertz CT molecular complexity index is 550.